The summed E-state index contributed by atoms with van der Waals surface area (Å²) in [6, 6.07) is 14.4. The number of pyridine rings is 1. The van der Waals surface area contributed by atoms with Crippen molar-refractivity contribution in [1.82, 2.24) is 24.3 Å². The molecule has 0 amide bonds. The zero-order valence-corrected chi connectivity index (χ0v) is 13.6. The van der Waals surface area contributed by atoms with Gasteiger partial charge >= 0.3 is 0 Å². The number of aromatic nitrogens is 5. The third-order valence-electron chi connectivity index (χ3n) is 4.41. The molecule has 4 aromatic heterocycles. The standard InChI is InChI=1S/C20H15N5/c1-13-12-25-19(10-23-20(25)11-22-13)18-7-3-6-17(24-18)14-4-2-5-16-15(14)8-9-21-16/h2-12,21H,1H3. The molecule has 5 rings (SSSR count). The summed E-state index contributed by atoms with van der Waals surface area (Å²) in [7, 11) is 0. The molecule has 5 nitrogen and oxygen atoms in total. The molecule has 0 aliphatic carbocycles. The van der Waals surface area contributed by atoms with Gasteiger partial charge in [0.15, 0.2) is 5.65 Å². The van der Waals surface area contributed by atoms with E-state index in [-0.39, 0.29) is 0 Å². The van der Waals surface area contributed by atoms with Gasteiger partial charge in [-0.1, -0.05) is 18.2 Å². The van der Waals surface area contributed by atoms with Crippen LogP contribution in [0.5, 0.6) is 0 Å². The van der Waals surface area contributed by atoms with Gasteiger partial charge < -0.3 is 4.98 Å². The van der Waals surface area contributed by atoms with Crippen molar-refractivity contribution in [3.8, 4) is 22.6 Å². The van der Waals surface area contributed by atoms with Gasteiger partial charge in [-0.05, 0) is 31.2 Å². The van der Waals surface area contributed by atoms with Crippen molar-refractivity contribution >= 4 is 16.6 Å². The van der Waals surface area contributed by atoms with Crippen molar-refractivity contribution < 1.29 is 0 Å². The number of aryl methyl sites for hydroxylation is 1. The van der Waals surface area contributed by atoms with E-state index in [0.717, 1.165) is 39.5 Å². The van der Waals surface area contributed by atoms with Crippen LogP contribution >= 0.6 is 0 Å². The number of imidazole rings is 1. The van der Waals surface area contributed by atoms with Gasteiger partial charge in [0.25, 0.3) is 0 Å². The molecule has 5 heteroatoms. The highest BCUT2D eigenvalue weighted by Gasteiger charge is 2.11. The second-order valence-corrected chi connectivity index (χ2v) is 6.05. The van der Waals surface area contributed by atoms with Gasteiger partial charge in [-0.3, -0.25) is 9.38 Å². The van der Waals surface area contributed by atoms with Gasteiger partial charge in [-0.2, -0.15) is 0 Å². The smallest absolute Gasteiger partial charge is 0.155 e. The van der Waals surface area contributed by atoms with Gasteiger partial charge in [0.05, 0.1) is 35.2 Å². The van der Waals surface area contributed by atoms with Crippen molar-refractivity contribution in [1.29, 1.82) is 0 Å². The van der Waals surface area contributed by atoms with E-state index in [1.54, 1.807) is 6.20 Å². The Bertz CT molecular complexity index is 1220. The summed E-state index contributed by atoms with van der Waals surface area (Å²) in [6.07, 6.45) is 7.57. The Labute approximate surface area is 144 Å². The van der Waals surface area contributed by atoms with Gasteiger partial charge in [-0.25, -0.2) is 9.97 Å². The van der Waals surface area contributed by atoms with E-state index < -0.39 is 0 Å². The zero-order chi connectivity index (χ0) is 16.8. The van der Waals surface area contributed by atoms with Crippen LogP contribution in [0.3, 0.4) is 0 Å². The normalized spacial score (nSPS) is 11.4. The number of fused-ring (bicyclic) bond motifs is 2. The average molecular weight is 325 g/mol. The van der Waals surface area contributed by atoms with Crippen LogP contribution in [-0.4, -0.2) is 24.3 Å². The molecule has 0 saturated carbocycles. The molecule has 0 radical (unpaired) electrons. The lowest BCUT2D eigenvalue weighted by Crippen LogP contribution is -1.94. The maximum absolute atomic E-state index is 4.90. The number of hydrogen-bond acceptors (Lipinski definition) is 3. The molecular weight excluding hydrogens is 310 g/mol. The van der Waals surface area contributed by atoms with E-state index in [9.17, 15) is 0 Å². The fraction of sp³-hybridized carbons (Fsp3) is 0.0500. The van der Waals surface area contributed by atoms with Gasteiger partial charge in [0.2, 0.25) is 0 Å². The number of hydrogen-bond donors (Lipinski definition) is 1. The fourth-order valence-corrected chi connectivity index (χ4v) is 3.21. The van der Waals surface area contributed by atoms with E-state index in [4.69, 9.17) is 4.98 Å². The molecule has 25 heavy (non-hydrogen) atoms. The number of nitrogens with zero attached hydrogens (tertiary/aromatic N) is 4. The second kappa shape index (κ2) is 5.27. The molecule has 0 aliphatic rings. The van der Waals surface area contributed by atoms with Gasteiger partial charge in [0, 0.05) is 28.9 Å². The molecule has 0 spiro atoms. The van der Waals surface area contributed by atoms with Gasteiger partial charge in [-0.15, -0.1) is 0 Å². The number of nitrogens with one attached hydrogen (secondary N) is 1. The Morgan fingerprint density at radius 2 is 1.80 bits per heavy atom. The van der Waals surface area contributed by atoms with Crippen LogP contribution in [0.2, 0.25) is 0 Å². The summed E-state index contributed by atoms with van der Waals surface area (Å²) >= 11 is 0. The van der Waals surface area contributed by atoms with Crippen LogP contribution in [-0.2, 0) is 0 Å². The minimum absolute atomic E-state index is 0.820. The maximum atomic E-state index is 4.90. The van der Waals surface area contributed by atoms with Crippen LogP contribution in [0.15, 0.2) is 67.3 Å². The first kappa shape index (κ1) is 13.9. The molecule has 0 aliphatic heterocycles. The predicted molar refractivity (Wildman–Crippen MR) is 98.2 cm³/mol. The molecule has 0 atom stereocenters. The van der Waals surface area contributed by atoms with E-state index in [2.05, 4.69) is 33.2 Å². The minimum atomic E-state index is 0.820. The highest BCUT2D eigenvalue weighted by atomic mass is 15.0. The number of benzene rings is 1. The molecule has 5 aromatic rings. The van der Waals surface area contributed by atoms with Crippen molar-refractivity contribution in [2.45, 2.75) is 6.92 Å². The number of rotatable bonds is 2. The predicted octanol–water partition coefficient (Wildman–Crippen LogP) is 4.25. The van der Waals surface area contributed by atoms with Crippen LogP contribution in [0, 0.1) is 6.92 Å². The molecule has 1 N–H and O–H groups in total. The first-order valence-electron chi connectivity index (χ1n) is 8.13. The Morgan fingerprint density at radius 1 is 0.920 bits per heavy atom. The Balaban J connectivity index is 1.70. The highest BCUT2D eigenvalue weighted by Crippen LogP contribution is 2.28. The SMILES string of the molecule is Cc1cn2c(-c3cccc(-c4cccc5[nH]ccc45)n3)cnc2cn1. The van der Waals surface area contributed by atoms with Crippen molar-refractivity contribution in [2.75, 3.05) is 0 Å². The average Bonchev–Trinajstić information content (AvgIpc) is 3.28. The Morgan fingerprint density at radius 3 is 2.76 bits per heavy atom. The summed E-state index contributed by atoms with van der Waals surface area (Å²) in [5.74, 6) is 0. The lowest BCUT2D eigenvalue weighted by atomic mass is 10.1. The van der Waals surface area contributed by atoms with Crippen LogP contribution in [0.25, 0.3) is 39.2 Å². The molecule has 0 fully saturated rings. The van der Waals surface area contributed by atoms with Crippen LogP contribution in [0.1, 0.15) is 5.69 Å². The van der Waals surface area contributed by atoms with E-state index in [0.29, 0.717) is 0 Å². The molecule has 0 unspecified atom stereocenters. The van der Waals surface area contributed by atoms with E-state index in [1.807, 2.05) is 54.2 Å². The third-order valence-corrected chi connectivity index (χ3v) is 4.41. The summed E-state index contributed by atoms with van der Waals surface area (Å²) in [4.78, 5) is 16.9. The molecule has 120 valence electrons. The van der Waals surface area contributed by atoms with Crippen molar-refractivity contribution in [3.63, 3.8) is 0 Å². The summed E-state index contributed by atoms with van der Waals surface area (Å²) in [5.41, 5.74) is 6.80. The molecule has 1 aromatic carbocycles. The topological polar surface area (TPSA) is 58.9 Å². The summed E-state index contributed by atoms with van der Waals surface area (Å²) in [5, 5.41) is 1.17. The Hall–Kier alpha value is -3.47. The fourth-order valence-electron chi connectivity index (χ4n) is 3.21. The highest BCUT2D eigenvalue weighted by molar-refractivity contribution is 5.94. The van der Waals surface area contributed by atoms with E-state index in [1.165, 1.54) is 5.39 Å². The zero-order valence-electron chi connectivity index (χ0n) is 13.6. The lowest BCUT2D eigenvalue weighted by molar-refractivity contribution is 1.07. The van der Waals surface area contributed by atoms with Crippen LogP contribution in [0.4, 0.5) is 0 Å². The lowest BCUT2D eigenvalue weighted by Gasteiger charge is -2.07. The number of aromatic amines is 1. The molecular formula is C20H15N5. The quantitative estimate of drug-likeness (QED) is 0.528. The first-order chi connectivity index (χ1) is 12.3. The minimum Gasteiger partial charge on any atom is -0.361 e. The van der Waals surface area contributed by atoms with Crippen molar-refractivity contribution in [3.05, 3.63) is 72.9 Å². The largest absolute Gasteiger partial charge is 0.361 e. The first-order valence-corrected chi connectivity index (χ1v) is 8.13. The summed E-state index contributed by atoms with van der Waals surface area (Å²) < 4.78 is 2.03. The maximum Gasteiger partial charge on any atom is 0.155 e. The van der Waals surface area contributed by atoms with Crippen molar-refractivity contribution in [2.24, 2.45) is 0 Å². The van der Waals surface area contributed by atoms with Gasteiger partial charge in [0.1, 0.15) is 0 Å². The molecule has 0 bridgehead atoms. The summed E-state index contributed by atoms with van der Waals surface area (Å²) in [6.45, 7) is 1.97. The molecule has 4 heterocycles. The monoisotopic (exact) mass is 325 g/mol. The Kier molecular flexibility index (Phi) is 2.94. The van der Waals surface area contributed by atoms with Crippen LogP contribution < -0.4 is 0 Å². The third kappa shape index (κ3) is 2.21. The number of H-pyrrole nitrogens is 1. The second-order valence-electron chi connectivity index (χ2n) is 6.05. The molecule has 0 saturated heterocycles. The van der Waals surface area contributed by atoms with E-state index >= 15 is 0 Å².